The molecular formula is C19H31NO4S. The summed E-state index contributed by atoms with van der Waals surface area (Å²) in [6.45, 7) is 10.2. The quantitative estimate of drug-likeness (QED) is 0.391. The van der Waals surface area contributed by atoms with Gasteiger partial charge in [-0.15, -0.1) is 0 Å². The highest BCUT2D eigenvalue weighted by atomic mass is 32.2. The third-order valence-corrected chi connectivity index (χ3v) is 6.06. The molecule has 5 nitrogen and oxygen atoms in total. The van der Waals surface area contributed by atoms with Gasteiger partial charge in [0.05, 0.1) is 12.9 Å². The van der Waals surface area contributed by atoms with Gasteiger partial charge < -0.3 is 4.90 Å². The maximum Gasteiger partial charge on any atom is 0.264 e. The van der Waals surface area contributed by atoms with Crippen LogP contribution >= 0.6 is 0 Å². The molecule has 2 rings (SSSR count). The van der Waals surface area contributed by atoms with Crippen LogP contribution in [0.1, 0.15) is 52.4 Å². The van der Waals surface area contributed by atoms with E-state index in [1.807, 2.05) is 13.8 Å². The summed E-state index contributed by atoms with van der Waals surface area (Å²) in [6.07, 6.45) is 6.56. The Morgan fingerprint density at radius 2 is 1.92 bits per heavy atom. The standard InChI is InChI=1S/C19H31NO4S/c1-14(2)17-12-18(15(3)19(21)13-17)20-9-7-16(8-10-20)6-5-11-24-25(4,22)23/h16-17H,1,5-13H2,2-4H3. The first kappa shape index (κ1) is 20.2. The average Bonchev–Trinajstić information content (AvgIpc) is 2.53. The largest absolute Gasteiger partial charge is 0.374 e. The molecule has 1 aliphatic carbocycles. The summed E-state index contributed by atoms with van der Waals surface area (Å²) in [7, 11) is -3.33. The lowest BCUT2D eigenvalue weighted by molar-refractivity contribution is -0.116. The van der Waals surface area contributed by atoms with Crippen LogP contribution in [0.15, 0.2) is 23.4 Å². The van der Waals surface area contributed by atoms with Gasteiger partial charge in [-0.05, 0) is 57.8 Å². The van der Waals surface area contributed by atoms with E-state index in [1.54, 1.807) is 0 Å². The molecule has 142 valence electrons. The second-order valence-corrected chi connectivity index (χ2v) is 9.19. The van der Waals surface area contributed by atoms with Gasteiger partial charge in [-0.25, -0.2) is 0 Å². The monoisotopic (exact) mass is 369 g/mol. The Kier molecular flexibility index (Phi) is 6.86. The van der Waals surface area contributed by atoms with E-state index in [4.69, 9.17) is 4.18 Å². The summed E-state index contributed by atoms with van der Waals surface area (Å²) >= 11 is 0. The van der Waals surface area contributed by atoms with Gasteiger partial charge >= 0.3 is 0 Å². The molecule has 2 aliphatic rings. The second-order valence-electron chi connectivity index (χ2n) is 7.55. The van der Waals surface area contributed by atoms with Gasteiger partial charge in [0.25, 0.3) is 10.1 Å². The van der Waals surface area contributed by atoms with E-state index in [0.29, 0.717) is 12.3 Å². The van der Waals surface area contributed by atoms with E-state index >= 15 is 0 Å². The number of nitrogens with zero attached hydrogens (tertiary/aromatic N) is 1. The number of hydrogen-bond donors (Lipinski definition) is 0. The van der Waals surface area contributed by atoms with Crippen molar-refractivity contribution in [3.63, 3.8) is 0 Å². The fourth-order valence-electron chi connectivity index (χ4n) is 3.79. The zero-order valence-electron chi connectivity index (χ0n) is 15.7. The van der Waals surface area contributed by atoms with E-state index in [-0.39, 0.29) is 18.3 Å². The second kappa shape index (κ2) is 8.49. The van der Waals surface area contributed by atoms with Crippen LogP contribution in [0.4, 0.5) is 0 Å². The van der Waals surface area contributed by atoms with Crippen LogP contribution < -0.4 is 0 Å². The molecule has 0 saturated carbocycles. The molecule has 1 unspecified atom stereocenters. The third-order valence-electron chi connectivity index (χ3n) is 5.47. The van der Waals surface area contributed by atoms with Crippen molar-refractivity contribution >= 4 is 15.9 Å². The maximum absolute atomic E-state index is 12.3. The lowest BCUT2D eigenvalue weighted by Gasteiger charge is -2.39. The molecule has 1 aliphatic heterocycles. The third kappa shape index (κ3) is 5.96. The van der Waals surface area contributed by atoms with Gasteiger partial charge in [0, 0.05) is 30.8 Å². The van der Waals surface area contributed by atoms with Gasteiger partial charge in [-0.2, -0.15) is 8.42 Å². The molecule has 0 spiro atoms. The highest BCUT2D eigenvalue weighted by Gasteiger charge is 2.30. The molecule has 1 heterocycles. The number of allylic oxidation sites excluding steroid dienone is 3. The highest BCUT2D eigenvalue weighted by molar-refractivity contribution is 7.85. The summed E-state index contributed by atoms with van der Waals surface area (Å²) in [5.74, 6) is 1.14. The van der Waals surface area contributed by atoms with Crippen molar-refractivity contribution in [2.24, 2.45) is 11.8 Å². The summed E-state index contributed by atoms with van der Waals surface area (Å²) in [5.41, 5.74) is 3.24. The van der Waals surface area contributed by atoms with Crippen molar-refractivity contribution in [1.82, 2.24) is 4.90 Å². The SMILES string of the molecule is C=C(C)C1CC(=O)C(C)=C(N2CCC(CCCOS(C)(=O)=O)CC2)C1. The maximum atomic E-state index is 12.3. The summed E-state index contributed by atoms with van der Waals surface area (Å²) < 4.78 is 26.7. The number of rotatable bonds is 7. The van der Waals surface area contributed by atoms with E-state index in [0.717, 1.165) is 62.6 Å². The average molecular weight is 370 g/mol. The number of carbonyl (C=O) groups is 1. The number of Topliss-reactive ketones (excluding diaryl/α,β-unsaturated/α-hetero) is 1. The Balaban J connectivity index is 1.84. The molecule has 1 atom stereocenters. The Morgan fingerprint density at radius 3 is 2.48 bits per heavy atom. The Morgan fingerprint density at radius 1 is 1.28 bits per heavy atom. The molecule has 0 N–H and O–H groups in total. The minimum atomic E-state index is -3.33. The summed E-state index contributed by atoms with van der Waals surface area (Å²) in [5, 5.41) is 0. The molecule has 0 aromatic rings. The van der Waals surface area contributed by atoms with Gasteiger partial charge in [0.15, 0.2) is 5.78 Å². The van der Waals surface area contributed by atoms with Crippen molar-refractivity contribution in [3.8, 4) is 0 Å². The van der Waals surface area contributed by atoms with Crippen molar-refractivity contribution in [1.29, 1.82) is 0 Å². The van der Waals surface area contributed by atoms with Crippen LogP contribution in [0, 0.1) is 11.8 Å². The fourth-order valence-corrected chi connectivity index (χ4v) is 4.21. The molecule has 0 aromatic heterocycles. The van der Waals surface area contributed by atoms with Gasteiger partial charge in [-0.1, -0.05) is 12.2 Å². The van der Waals surface area contributed by atoms with Crippen LogP contribution in [0.25, 0.3) is 0 Å². The number of carbonyl (C=O) groups excluding carboxylic acids is 1. The van der Waals surface area contributed by atoms with E-state index in [1.165, 1.54) is 5.70 Å². The predicted octanol–water partition coefficient (Wildman–Crippen LogP) is 3.28. The van der Waals surface area contributed by atoms with Crippen LogP contribution in [-0.4, -0.2) is 45.1 Å². The Labute approximate surface area is 152 Å². The van der Waals surface area contributed by atoms with Crippen molar-refractivity contribution in [2.45, 2.75) is 52.4 Å². The van der Waals surface area contributed by atoms with Crippen molar-refractivity contribution in [3.05, 3.63) is 23.4 Å². The summed E-state index contributed by atoms with van der Waals surface area (Å²) in [6, 6.07) is 0. The zero-order valence-corrected chi connectivity index (χ0v) is 16.5. The van der Waals surface area contributed by atoms with E-state index in [9.17, 15) is 13.2 Å². The minimum absolute atomic E-state index is 0.259. The molecule has 25 heavy (non-hydrogen) atoms. The van der Waals surface area contributed by atoms with Crippen LogP contribution in [0.2, 0.25) is 0 Å². The lowest BCUT2D eigenvalue weighted by atomic mass is 9.81. The normalized spacial score (nSPS) is 23.2. The first-order valence-corrected chi connectivity index (χ1v) is 11.0. The minimum Gasteiger partial charge on any atom is -0.374 e. The molecule has 0 radical (unpaired) electrons. The summed E-state index contributed by atoms with van der Waals surface area (Å²) in [4.78, 5) is 14.7. The lowest BCUT2D eigenvalue weighted by Crippen LogP contribution is -2.37. The fraction of sp³-hybridized carbons (Fsp3) is 0.737. The number of piperidine rings is 1. The van der Waals surface area contributed by atoms with Gasteiger partial charge in [0.2, 0.25) is 0 Å². The van der Waals surface area contributed by atoms with E-state index in [2.05, 4.69) is 11.5 Å². The molecule has 0 bridgehead atoms. The molecular weight excluding hydrogens is 338 g/mol. The van der Waals surface area contributed by atoms with Gasteiger partial charge in [0.1, 0.15) is 0 Å². The zero-order chi connectivity index (χ0) is 18.6. The Hall–Kier alpha value is -1.14. The first-order chi connectivity index (χ1) is 11.7. The van der Waals surface area contributed by atoms with Crippen molar-refractivity contribution in [2.75, 3.05) is 26.0 Å². The predicted molar refractivity (Wildman–Crippen MR) is 99.6 cm³/mol. The number of hydrogen-bond acceptors (Lipinski definition) is 5. The number of ketones is 1. The van der Waals surface area contributed by atoms with Gasteiger partial charge in [-0.3, -0.25) is 8.98 Å². The molecule has 0 aromatic carbocycles. The van der Waals surface area contributed by atoms with Crippen molar-refractivity contribution < 1.29 is 17.4 Å². The molecule has 1 fully saturated rings. The number of likely N-dealkylation sites (tertiary alicyclic amines) is 1. The van der Waals surface area contributed by atoms with Crippen LogP contribution in [-0.2, 0) is 19.1 Å². The Bertz CT molecular complexity index is 642. The molecule has 6 heteroatoms. The highest BCUT2D eigenvalue weighted by Crippen LogP contribution is 2.35. The topological polar surface area (TPSA) is 63.7 Å². The van der Waals surface area contributed by atoms with Crippen LogP contribution in [0.5, 0.6) is 0 Å². The van der Waals surface area contributed by atoms with E-state index < -0.39 is 10.1 Å². The smallest absolute Gasteiger partial charge is 0.264 e. The molecule has 1 saturated heterocycles. The van der Waals surface area contributed by atoms with Crippen LogP contribution in [0.3, 0.4) is 0 Å². The molecule has 0 amide bonds. The first-order valence-electron chi connectivity index (χ1n) is 9.15.